The van der Waals surface area contributed by atoms with Crippen molar-refractivity contribution in [2.24, 2.45) is 5.73 Å². The fraction of sp³-hybridized carbons (Fsp3) is 0.235. The average Bonchev–Trinajstić information content (AvgIpc) is 2.35. The van der Waals surface area contributed by atoms with E-state index in [0.717, 1.165) is 5.56 Å². The Morgan fingerprint density at radius 1 is 1.25 bits per heavy atom. The number of allylic oxidation sites excluding steroid dienone is 2. The lowest BCUT2D eigenvalue weighted by atomic mass is 10.1. The Balaban J connectivity index is 2.82. The van der Waals surface area contributed by atoms with Crippen molar-refractivity contribution in [1.29, 1.82) is 0 Å². The van der Waals surface area contributed by atoms with Gasteiger partial charge < -0.3 is 5.73 Å². The van der Waals surface area contributed by atoms with Crippen molar-refractivity contribution < 1.29 is 4.79 Å². The van der Waals surface area contributed by atoms with E-state index >= 15 is 0 Å². The number of primary amides is 1. The van der Waals surface area contributed by atoms with Crippen LogP contribution < -0.4 is 5.73 Å². The van der Waals surface area contributed by atoms with Crippen LogP contribution in [0.3, 0.4) is 0 Å². The molecular formula is C17H21NOSi. The summed E-state index contributed by atoms with van der Waals surface area (Å²) in [5, 5.41) is 0. The van der Waals surface area contributed by atoms with Gasteiger partial charge in [0, 0.05) is 18.1 Å². The third-order valence-electron chi connectivity index (χ3n) is 2.43. The van der Waals surface area contributed by atoms with Crippen LogP contribution in [0, 0.1) is 11.8 Å². The van der Waals surface area contributed by atoms with Gasteiger partial charge in [0.05, 0.1) is 8.07 Å². The highest BCUT2D eigenvalue weighted by Crippen LogP contribution is 2.05. The molecule has 0 fully saturated rings. The van der Waals surface area contributed by atoms with Crippen LogP contribution in [0.15, 0.2) is 53.8 Å². The topological polar surface area (TPSA) is 43.1 Å². The van der Waals surface area contributed by atoms with E-state index in [2.05, 4.69) is 37.2 Å². The van der Waals surface area contributed by atoms with E-state index in [9.17, 15) is 4.79 Å². The number of benzene rings is 1. The van der Waals surface area contributed by atoms with Gasteiger partial charge in [-0.25, -0.2) is 0 Å². The SMILES string of the molecule is C[Si](C)(C)/C=C/C(C#CCc1ccccc1)=C/C(N)=O. The first kappa shape index (κ1) is 16.0. The Hall–Kier alpha value is -2.05. The Morgan fingerprint density at radius 3 is 2.45 bits per heavy atom. The smallest absolute Gasteiger partial charge is 0.242 e. The molecule has 1 aromatic rings. The summed E-state index contributed by atoms with van der Waals surface area (Å²) in [5.41, 5.74) is 9.20. The maximum atomic E-state index is 11.0. The maximum absolute atomic E-state index is 11.0. The molecule has 104 valence electrons. The summed E-state index contributed by atoms with van der Waals surface area (Å²) in [6.45, 7) is 6.67. The molecule has 2 nitrogen and oxygen atoms in total. The summed E-state index contributed by atoms with van der Waals surface area (Å²) in [4.78, 5) is 11.0. The molecule has 0 saturated heterocycles. The first-order chi connectivity index (χ1) is 9.37. The fourth-order valence-electron chi connectivity index (χ4n) is 1.46. The average molecular weight is 283 g/mol. The number of rotatable bonds is 4. The van der Waals surface area contributed by atoms with Crippen molar-refractivity contribution in [2.45, 2.75) is 26.1 Å². The van der Waals surface area contributed by atoms with Gasteiger partial charge in [-0.1, -0.05) is 73.6 Å². The highest BCUT2D eigenvalue weighted by molar-refractivity contribution is 6.81. The van der Waals surface area contributed by atoms with E-state index in [1.54, 1.807) is 0 Å². The van der Waals surface area contributed by atoms with Gasteiger partial charge in [0.2, 0.25) is 5.91 Å². The summed E-state index contributed by atoms with van der Waals surface area (Å²) in [6, 6.07) is 10.0. The molecule has 1 amide bonds. The van der Waals surface area contributed by atoms with Crippen molar-refractivity contribution in [3.63, 3.8) is 0 Å². The molecule has 0 atom stereocenters. The monoisotopic (exact) mass is 283 g/mol. The van der Waals surface area contributed by atoms with Crippen molar-refractivity contribution >= 4 is 14.0 Å². The van der Waals surface area contributed by atoms with E-state index in [1.165, 1.54) is 6.08 Å². The van der Waals surface area contributed by atoms with E-state index in [0.29, 0.717) is 12.0 Å². The van der Waals surface area contributed by atoms with Gasteiger partial charge in [0.15, 0.2) is 0 Å². The highest BCUT2D eigenvalue weighted by Gasteiger charge is 2.06. The molecule has 0 saturated carbocycles. The number of carbonyl (C=O) groups excluding carboxylic acids is 1. The highest BCUT2D eigenvalue weighted by atomic mass is 28.3. The predicted molar refractivity (Wildman–Crippen MR) is 87.7 cm³/mol. The third kappa shape index (κ3) is 7.40. The van der Waals surface area contributed by atoms with Crippen LogP contribution in [0.2, 0.25) is 19.6 Å². The molecule has 2 N–H and O–H groups in total. The van der Waals surface area contributed by atoms with Crippen molar-refractivity contribution in [2.75, 3.05) is 0 Å². The Labute approximate surface area is 122 Å². The molecule has 0 aliphatic heterocycles. The van der Waals surface area contributed by atoms with Gasteiger partial charge in [-0.05, 0) is 5.56 Å². The summed E-state index contributed by atoms with van der Waals surface area (Å²) < 4.78 is 0. The molecule has 3 heteroatoms. The molecule has 0 aliphatic carbocycles. The zero-order chi connectivity index (χ0) is 15.0. The molecule has 0 aromatic heterocycles. The first-order valence-electron chi connectivity index (χ1n) is 6.60. The second kappa shape index (κ2) is 7.52. The summed E-state index contributed by atoms with van der Waals surface area (Å²) in [7, 11) is -1.32. The van der Waals surface area contributed by atoms with Crippen LogP contribution >= 0.6 is 0 Å². The van der Waals surface area contributed by atoms with Crippen LogP contribution in [-0.4, -0.2) is 14.0 Å². The predicted octanol–water partition coefficient (Wildman–Crippen LogP) is 3.08. The molecule has 0 spiro atoms. The van der Waals surface area contributed by atoms with Crippen molar-refractivity contribution in [3.05, 3.63) is 59.3 Å². The Morgan fingerprint density at radius 2 is 1.90 bits per heavy atom. The van der Waals surface area contributed by atoms with Crippen molar-refractivity contribution in [3.8, 4) is 11.8 Å². The lowest BCUT2D eigenvalue weighted by molar-refractivity contribution is -0.113. The second-order valence-electron chi connectivity index (χ2n) is 5.67. The van der Waals surface area contributed by atoms with Gasteiger partial charge in [-0.2, -0.15) is 0 Å². The minimum atomic E-state index is -1.32. The zero-order valence-electron chi connectivity index (χ0n) is 12.3. The number of carbonyl (C=O) groups is 1. The van der Waals surface area contributed by atoms with Crippen LogP contribution in [0.1, 0.15) is 5.56 Å². The first-order valence-corrected chi connectivity index (χ1v) is 10.2. The van der Waals surface area contributed by atoms with Crippen LogP contribution in [0.4, 0.5) is 0 Å². The molecule has 20 heavy (non-hydrogen) atoms. The summed E-state index contributed by atoms with van der Waals surface area (Å²) in [6.07, 6.45) is 3.96. The minimum Gasteiger partial charge on any atom is -0.366 e. The van der Waals surface area contributed by atoms with E-state index in [1.807, 2.05) is 36.4 Å². The number of hydrogen-bond acceptors (Lipinski definition) is 1. The third-order valence-corrected chi connectivity index (χ3v) is 3.60. The molecule has 0 heterocycles. The number of amides is 1. The standard InChI is InChI=1S/C17H21NOSi/c1-20(2,3)13-12-16(14-17(18)19)11-7-10-15-8-5-4-6-9-15/h4-6,8-9,12-14H,10H2,1-3H3,(H2,18,19)/b13-12+,16-14+. The molecule has 1 rings (SSSR count). The summed E-state index contributed by atoms with van der Waals surface area (Å²) in [5.74, 6) is 5.64. The quantitative estimate of drug-likeness (QED) is 0.392. The molecule has 1 aromatic carbocycles. The van der Waals surface area contributed by atoms with Gasteiger partial charge in [-0.15, -0.1) is 0 Å². The number of hydrogen-bond donors (Lipinski definition) is 1. The lowest BCUT2D eigenvalue weighted by Crippen LogP contribution is -2.15. The van der Waals surface area contributed by atoms with Gasteiger partial charge in [0.25, 0.3) is 0 Å². The second-order valence-corrected chi connectivity index (χ2v) is 10.7. The van der Waals surface area contributed by atoms with Gasteiger partial charge in [-0.3, -0.25) is 4.79 Å². The lowest BCUT2D eigenvalue weighted by Gasteiger charge is -2.07. The molecular weight excluding hydrogens is 262 g/mol. The number of nitrogens with two attached hydrogens (primary N) is 1. The Bertz CT molecular complexity index is 568. The Kier molecular flexibility index (Phi) is 6.01. The molecule has 0 bridgehead atoms. The maximum Gasteiger partial charge on any atom is 0.242 e. The van der Waals surface area contributed by atoms with E-state index < -0.39 is 14.0 Å². The fourth-order valence-corrected chi connectivity index (χ4v) is 2.14. The zero-order valence-corrected chi connectivity index (χ0v) is 13.3. The van der Waals surface area contributed by atoms with Crippen molar-refractivity contribution in [1.82, 2.24) is 0 Å². The van der Waals surface area contributed by atoms with Crippen LogP contribution in [-0.2, 0) is 11.2 Å². The summed E-state index contributed by atoms with van der Waals surface area (Å²) >= 11 is 0. The molecule has 0 unspecified atom stereocenters. The van der Waals surface area contributed by atoms with Crippen LogP contribution in [0.25, 0.3) is 0 Å². The van der Waals surface area contributed by atoms with Gasteiger partial charge in [0.1, 0.15) is 0 Å². The minimum absolute atomic E-state index is 0.464. The van der Waals surface area contributed by atoms with Crippen LogP contribution in [0.5, 0.6) is 0 Å². The normalized spacial score (nSPS) is 12.1. The molecule has 0 radical (unpaired) electrons. The van der Waals surface area contributed by atoms with Gasteiger partial charge >= 0.3 is 0 Å². The van der Waals surface area contributed by atoms with E-state index in [-0.39, 0.29) is 0 Å². The molecule has 0 aliphatic rings. The van der Waals surface area contributed by atoms with E-state index in [4.69, 9.17) is 5.73 Å². The largest absolute Gasteiger partial charge is 0.366 e.